The average Bonchev–Trinajstić information content (AvgIpc) is 2.72. The van der Waals surface area contributed by atoms with E-state index in [-0.39, 0.29) is 17.1 Å². The van der Waals surface area contributed by atoms with Gasteiger partial charge in [0.15, 0.2) is 0 Å². The number of carbonyl (C=O) groups excluding carboxylic acids is 2. The van der Waals surface area contributed by atoms with Crippen molar-refractivity contribution in [1.82, 2.24) is 10.2 Å². The average molecular weight is 440 g/mol. The van der Waals surface area contributed by atoms with E-state index in [9.17, 15) is 24.8 Å². The number of amides is 1. The number of Topliss-reactive ketones (excluding diaryl/α,β-unsaturated/α-hetero) is 1. The number of benzene rings is 1. The van der Waals surface area contributed by atoms with Crippen LogP contribution in [0.5, 0.6) is 5.75 Å². The van der Waals surface area contributed by atoms with Crippen molar-refractivity contribution in [2.75, 3.05) is 26.3 Å². The van der Waals surface area contributed by atoms with E-state index in [0.717, 1.165) is 6.07 Å². The van der Waals surface area contributed by atoms with E-state index in [0.29, 0.717) is 55.3 Å². The van der Waals surface area contributed by atoms with Gasteiger partial charge in [0.2, 0.25) is 0 Å². The van der Waals surface area contributed by atoms with Crippen molar-refractivity contribution < 1.29 is 24.4 Å². The Labute approximate surface area is 185 Å². The van der Waals surface area contributed by atoms with E-state index in [1.165, 1.54) is 12.1 Å². The number of rotatable bonds is 3. The molecule has 0 radical (unpaired) electrons. The van der Waals surface area contributed by atoms with Gasteiger partial charge >= 0.3 is 0 Å². The zero-order valence-corrected chi connectivity index (χ0v) is 18.3. The van der Waals surface area contributed by atoms with E-state index in [2.05, 4.69) is 5.32 Å². The third-order valence-electron chi connectivity index (χ3n) is 6.31. The van der Waals surface area contributed by atoms with Crippen LogP contribution in [0.4, 0.5) is 5.69 Å². The fourth-order valence-corrected chi connectivity index (χ4v) is 4.92. The quantitative estimate of drug-likeness (QED) is 0.563. The number of carbonyl (C=O) groups is 2. The lowest BCUT2D eigenvalue weighted by Crippen LogP contribution is -2.48. The molecule has 9 nitrogen and oxygen atoms in total. The second kappa shape index (κ2) is 8.05. The molecule has 1 saturated heterocycles. The molecule has 0 saturated carbocycles. The monoisotopic (exact) mass is 440 g/mol. The van der Waals surface area contributed by atoms with Gasteiger partial charge in [-0.1, -0.05) is 32.1 Å². The largest absolute Gasteiger partial charge is 0.868 e. The van der Waals surface area contributed by atoms with Crippen LogP contribution >= 0.6 is 0 Å². The molecule has 9 heteroatoms. The first-order valence-corrected chi connectivity index (χ1v) is 10.6. The van der Waals surface area contributed by atoms with Crippen molar-refractivity contribution in [3.05, 3.63) is 56.9 Å². The van der Waals surface area contributed by atoms with Gasteiger partial charge in [-0.05, 0) is 23.7 Å². The van der Waals surface area contributed by atoms with Crippen LogP contribution in [0, 0.1) is 21.4 Å². The highest BCUT2D eigenvalue weighted by molar-refractivity contribution is 5.99. The number of ketones is 1. The van der Waals surface area contributed by atoms with Gasteiger partial charge in [-0.3, -0.25) is 19.7 Å². The summed E-state index contributed by atoms with van der Waals surface area (Å²) in [6, 6.07) is 3.85. The topological polar surface area (TPSA) is 125 Å². The van der Waals surface area contributed by atoms with Gasteiger partial charge in [-0.15, -0.1) is 0 Å². The molecule has 1 N–H and O–H groups in total. The van der Waals surface area contributed by atoms with Gasteiger partial charge in [0.05, 0.1) is 24.1 Å². The van der Waals surface area contributed by atoms with Gasteiger partial charge in [0, 0.05) is 48.5 Å². The first-order valence-electron chi connectivity index (χ1n) is 10.6. The number of hydrogen-bond acceptors (Lipinski definition) is 7. The van der Waals surface area contributed by atoms with Crippen LogP contribution < -0.4 is 10.4 Å². The van der Waals surface area contributed by atoms with Crippen LogP contribution in [0.25, 0.3) is 0 Å². The highest BCUT2D eigenvalue weighted by atomic mass is 16.6. The lowest BCUT2D eigenvalue weighted by molar-refractivity contribution is -0.398. The SMILES string of the molecule is CC1=C(C(=O)N2CCOCC2)C(c2ccc([O-])c([N+](=O)[O-])c2)C2C(=O)CC(C)(C)C=C2N1. The molecule has 2 aliphatic heterocycles. The molecule has 1 amide bonds. The zero-order chi connectivity index (χ0) is 23.2. The van der Waals surface area contributed by atoms with E-state index < -0.39 is 28.2 Å². The molecular weight excluding hydrogens is 414 g/mol. The summed E-state index contributed by atoms with van der Waals surface area (Å²) >= 11 is 0. The number of hydrogen-bond donors (Lipinski definition) is 1. The van der Waals surface area contributed by atoms with Crippen molar-refractivity contribution in [2.45, 2.75) is 33.1 Å². The lowest BCUT2D eigenvalue weighted by atomic mass is 9.66. The lowest BCUT2D eigenvalue weighted by Gasteiger charge is -2.42. The summed E-state index contributed by atoms with van der Waals surface area (Å²) in [6.07, 6.45) is 2.29. The van der Waals surface area contributed by atoms with Crippen LogP contribution in [-0.4, -0.2) is 47.8 Å². The minimum absolute atomic E-state index is 0.0429. The summed E-state index contributed by atoms with van der Waals surface area (Å²) in [5.41, 5.74) is 1.20. The van der Waals surface area contributed by atoms with Gasteiger partial charge in [0.1, 0.15) is 5.78 Å². The van der Waals surface area contributed by atoms with Gasteiger partial charge in [0.25, 0.3) is 11.6 Å². The Hall–Kier alpha value is -3.20. The van der Waals surface area contributed by atoms with Crippen molar-refractivity contribution in [2.24, 2.45) is 11.3 Å². The molecule has 4 rings (SSSR count). The number of fused-ring (bicyclic) bond motifs is 1. The van der Waals surface area contributed by atoms with E-state index >= 15 is 0 Å². The Kier molecular flexibility index (Phi) is 5.54. The highest BCUT2D eigenvalue weighted by Gasteiger charge is 2.46. The molecule has 1 aliphatic carbocycles. The van der Waals surface area contributed by atoms with Crippen molar-refractivity contribution >= 4 is 17.4 Å². The number of allylic oxidation sites excluding steroid dienone is 3. The van der Waals surface area contributed by atoms with Crippen molar-refractivity contribution in [3.63, 3.8) is 0 Å². The Bertz CT molecular complexity index is 1050. The van der Waals surface area contributed by atoms with Crippen molar-refractivity contribution in [1.29, 1.82) is 0 Å². The second-order valence-electron chi connectivity index (χ2n) is 9.24. The van der Waals surface area contributed by atoms with E-state index in [1.807, 2.05) is 19.9 Å². The fraction of sp³-hybridized carbons (Fsp3) is 0.478. The molecule has 2 heterocycles. The van der Waals surface area contributed by atoms with Crippen LogP contribution in [-0.2, 0) is 14.3 Å². The predicted octanol–water partition coefficient (Wildman–Crippen LogP) is 1.99. The van der Waals surface area contributed by atoms with E-state index in [1.54, 1.807) is 11.8 Å². The van der Waals surface area contributed by atoms with Crippen LogP contribution in [0.2, 0.25) is 0 Å². The molecule has 1 aromatic rings. The summed E-state index contributed by atoms with van der Waals surface area (Å²) in [6.45, 7) is 7.42. The number of morpholine rings is 1. The maximum absolute atomic E-state index is 13.6. The van der Waals surface area contributed by atoms with Crippen LogP contribution in [0.15, 0.2) is 41.2 Å². The van der Waals surface area contributed by atoms with Crippen LogP contribution in [0.1, 0.15) is 38.7 Å². The van der Waals surface area contributed by atoms with Gasteiger partial charge in [-0.2, -0.15) is 0 Å². The first-order chi connectivity index (χ1) is 15.1. The summed E-state index contributed by atoms with van der Waals surface area (Å²) in [7, 11) is 0. The summed E-state index contributed by atoms with van der Waals surface area (Å²) in [4.78, 5) is 39.3. The van der Waals surface area contributed by atoms with Gasteiger partial charge < -0.3 is 20.1 Å². The van der Waals surface area contributed by atoms with E-state index in [4.69, 9.17) is 4.74 Å². The number of nitro groups is 1. The Morgan fingerprint density at radius 1 is 1.25 bits per heavy atom. The third-order valence-corrected chi connectivity index (χ3v) is 6.31. The summed E-state index contributed by atoms with van der Waals surface area (Å²) < 4.78 is 5.36. The highest BCUT2D eigenvalue weighted by Crippen LogP contribution is 2.48. The third kappa shape index (κ3) is 3.88. The molecule has 32 heavy (non-hydrogen) atoms. The Morgan fingerprint density at radius 3 is 2.59 bits per heavy atom. The minimum Gasteiger partial charge on any atom is -0.868 e. The summed E-state index contributed by atoms with van der Waals surface area (Å²) in [5.74, 6) is -2.38. The molecule has 0 aromatic heterocycles. The first kappa shape index (κ1) is 22.0. The fourth-order valence-electron chi connectivity index (χ4n) is 4.92. The molecule has 3 aliphatic rings. The number of ether oxygens (including phenoxy) is 1. The number of nitrogens with zero attached hydrogens (tertiary/aromatic N) is 2. The minimum atomic E-state index is -0.727. The van der Waals surface area contributed by atoms with Crippen molar-refractivity contribution in [3.8, 4) is 5.75 Å². The smallest absolute Gasteiger partial charge is 0.262 e. The normalized spacial score (nSPS) is 25.0. The predicted molar refractivity (Wildman–Crippen MR) is 113 cm³/mol. The molecule has 0 bridgehead atoms. The Morgan fingerprint density at radius 2 is 1.94 bits per heavy atom. The maximum atomic E-state index is 13.6. The summed E-state index contributed by atoms with van der Waals surface area (Å²) in [5, 5.41) is 26.7. The molecule has 1 aromatic carbocycles. The van der Waals surface area contributed by atoms with Gasteiger partial charge in [-0.25, -0.2) is 0 Å². The second-order valence-corrected chi connectivity index (χ2v) is 9.24. The molecular formula is C23H26N3O6-. The Balaban J connectivity index is 1.89. The zero-order valence-electron chi connectivity index (χ0n) is 18.3. The molecule has 2 atom stereocenters. The molecule has 170 valence electrons. The maximum Gasteiger partial charge on any atom is 0.262 e. The standard InChI is InChI=1S/C23H27N3O6/c1-13-19(22(29)25-6-8-32-9-7-25)20(14-4-5-17(27)16(10-14)26(30)31)21-15(24-13)11-23(2,3)12-18(21)28/h4-5,10-11,20-21,24,27H,6-9,12H2,1-3H3/p-1. The molecule has 2 unspecified atom stereocenters. The number of nitro benzene ring substituents is 1. The molecule has 0 spiro atoms. The number of nitrogens with one attached hydrogen (secondary N) is 1. The van der Waals surface area contributed by atoms with Crippen LogP contribution in [0.3, 0.4) is 0 Å². The molecule has 1 fully saturated rings.